The smallest absolute Gasteiger partial charge is 0.234 e. The molecule has 0 bridgehead atoms. The number of nitriles is 1. The van der Waals surface area contributed by atoms with E-state index in [1.54, 1.807) is 24.3 Å². The molecule has 2 aromatic rings. The molecule has 0 saturated heterocycles. The summed E-state index contributed by atoms with van der Waals surface area (Å²) in [4.78, 5) is 19.8. The Balaban J connectivity index is 1.98. The molecular formula is C13H12N6OS. The second-order valence-corrected chi connectivity index (χ2v) is 4.94. The molecule has 0 unspecified atom stereocenters. The number of para-hydroxylation sites is 1. The van der Waals surface area contributed by atoms with Gasteiger partial charge >= 0.3 is 0 Å². The van der Waals surface area contributed by atoms with Gasteiger partial charge < -0.3 is 16.8 Å². The van der Waals surface area contributed by atoms with Crippen LogP contribution in [0.3, 0.4) is 0 Å². The van der Waals surface area contributed by atoms with E-state index in [9.17, 15) is 4.79 Å². The van der Waals surface area contributed by atoms with E-state index in [1.165, 1.54) is 6.07 Å². The molecule has 1 heterocycles. The molecule has 1 aromatic heterocycles. The van der Waals surface area contributed by atoms with E-state index in [-0.39, 0.29) is 23.3 Å². The standard InChI is InChI=1S/C13H12N6OS/c14-6-8-3-1-2-4-9(8)17-12(20)7-21-13-18-10(15)5-11(16)19-13/h1-5H,7H2,(H,17,20)(H4,15,16,18,19). The Kier molecular flexibility index (Phi) is 4.58. The number of nitrogens with two attached hydrogens (primary N) is 2. The Morgan fingerprint density at radius 2 is 1.95 bits per heavy atom. The first-order chi connectivity index (χ1) is 10.1. The predicted molar refractivity (Wildman–Crippen MR) is 81.4 cm³/mol. The summed E-state index contributed by atoms with van der Waals surface area (Å²) in [6.45, 7) is 0. The van der Waals surface area contributed by atoms with Crippen LogP contribution in [0.5, 0.6) is 0 Å². The predicted octanol–water partition coefficient (Wildman–Crippen LogP) is 1.24. The zero-order valence-corrected chi connectivity index (χ0v) is 11.7. The number of nitrogens with one attached hydrogen (secondary N) is 1. The first-order valence-electron chi connectivity index (χ1n) is 5.90. The van der Waals surface area contributed by atoms with E-state index in [4.69, 9.17) is 16.7 Å². The molecule has 1 aromatic carbocycles. The highest BCUT2D eigenvalue weighted by Crippen LogP contribution is 2.18. The van der Waals surface area contributed by atoms with Gasteiger partial charge in [-0.05, 0) is 12.1 Å². The third kappa shape index (κ3) is 4.09. The number of nitrogen functional groups attached to an aromatic ring is 2. The lowest BCUT2D eigenvalue weighted by molar-refractivity contribution is -0.113. The molecule has 7 nitrogen and oxygen atoms in total. The van der Waals surface area contributed by atoms with Crippen LogP contribution in [0.25, 0.3) is 0 Å². The van der Waals surface area contributed by atoms with Crippen LogP contribution in [-0.2, 0) is 4.79 Å². The zero-order chi connectivity index (χ0) is 15.2. The van der Waals surface area contributed by atoms with Gasteiger partial charge in [-0.2, -0.15) is 5.26 Å². The van der Waals surface area contributed by atoms with Crippen molar-refractivity contribution in [2.24, 2.45) is 0 Å². The van der Waals surface area contributed by atoms with E-state index >= 15 is 0 Å². The van der Waals surface area contributed by atoms with Crippen LogP contribution in [0.15, 0.2) is 35.5 Å². The van der Waals surface area contributed by atoms with Crippen LogP contribution in [0.4, 0.5) is 17.3 Å². The zero-order valence-electron chi connectivity index (χ0n) is 10.9. The number of nitrogens with zero attached hydrogens (tertiary/aromatic N) is 3. The van der Waals surface area contributed by atoms with Crippen molar-refractivity contribution in [2.75, 3.05) is 22.5 Å². The molecule has 1 amide bonds. The van der Waals surface area contributed by atoms with Crippen molar-refractivity contribution in [1.82, 2.24) is 9.97 Å². The summed E-state index contributed by atoms with van der Waals surface area (Å²) in [5, 5.41) is 11.9. The fourth-order valence-corrected chi connectivity index (χ4v) is 2.20. The SMILES string of the molecule is N#Cc1ccccc1NC(=O)CSc1nc(N)cc(N)n1. The highest BCUT2D eigenvalue weighted by molar-refractivity contribution is 7.99. The molecule has 2 rings (SSSR count). The van der Waals surface area contributed by atoms with Crippen molar-refractivity contribution in [3.05, 3.63) is 35.9 Å². The lowest BCUT2D eigenvalue weighted by Gasteiger charge is -2.06. The minimum atomic E-state index is -0.271. The van der Waals surface area contributed by atoms with Gasteiger partial charge in [0, 0.05) is 6.07 Å². The number of benzene rings is 1. The lowest BCUT2D eigenvalue weighted by atomic mass is 10.2. The largest absolute Gasteiger partial charge is 0.383 e. The van der Waals surface area contributed by atoms with Gasteiger partial charge in [-0.25, -0.2) is 9.97 Å². The van der Waals surface area contributed by atoms with Crippen molar-refractivity contribution in [3.8, 4) is 6.07 Å². The van der Waals surface area contributed by atoms with Crippen LogP contribution in [-0.4, -0.2) is 21.6 Å². The van der Waals surface area contributed by atoms with Crippen LogP contribution in [0, 0.1) is 11.3 Å². The Bertz CT molecular complexity index is 692. The molecular weight excluding hydrogens is 288 g/mol. The summed E-state index contributed by atoms with van der Waals surface area (Å²) in [5.74, 6) is 0.315. The Morgan fingerprint density at radius 1 is 1.29 bits per heavy atom. The monoisotopic (exact) mass is 300 g/mol. The molecule has 0 atom stereocenters. The van der Waals surface area contributed by atoms with E-state index in [0.29, 0.717) is 16.4 Å². The molecule has 106 valence electrons. The maximum atomic E-state index is 11.9. The molecule has 0 aliphatic carbocycles. The lowest BCUT2D eigenvalue weighted by Crippen LogP contribution is -2.15. The summed E-state index contributed by atoms with van der Waals surface area (Å²) < 4.78 is 0. The molecule has 5 N–H and O–H groups in total. The molecule has 0 aliphatic heterocycles. The quantitative estimate of drug-likeness (QED) is 0.572. The van der Waals surface area contributed by atoms with Gasteiger partial charge in [0.05, 0.1) is 17.0 Å². The van der Waals surface area contributed by atoms with Crippen molar-refractivity contribution in [2.45, 2.75) is 5.16 Å². The van der Waals surface area contributed by atoms with Crippen LogP contribution >= 0.6 is 11.8 Å². The van der Waals surface area contributed by atoms with Gasteiger partial charge in [0.15, 0.2) is 5.16 Å². The normalized spacial score (nSPS) is 9.86. The van der Waals surface area contributed by atoms with Crippen molar-refractivity contribution >= 4 is 35.0 Å². The van der Waals surface area contributed by atoms with E-state index in [0.717, 1.165) is 11.8 Å². The first kappa shape index (κ1) is 14.6. The topological polar surface area (TPSA) is 131 Å². The number of amides is 1. The third-order valence-electron chi connectivity index (χ3n) is 2.40. The fourth-order valence-electron chi connectivity index (χ4n) is 1.53. The summed E-state index contributed by atoms with van der Waals surface area (Å²) in [7, 11) is 0. The minimum Gasteiger partial charge on any atom is -0.383 e. The van der Waals surface area contributed by atoms with E-state index < -0.39 is 0 Å². The van der Waals surface area contributed by atoms with Gasteiger partial charge in [-0.1, -0.05) is 23.9 Å². The molecule has 21 heavy (non-hydrogen) atoms. The number of aromatic nitrogens is 2. The average molecular weight is 300 g/mol. The number of thioether (sulfide) groups is 1. The fraction of sp³-hybridized carbons (Fsp3) is 0.0769. The number of anilines is 3. The van der Waals surface area contributed by atoms with E-state index in [1.807, 2.05) is 6.07 Å². The van der Waals surface area contributed by atoms with Crippen LogP contribution in [0.1, 0.15) is 5.56 Å². The average Bonchev–Trinajstić information content (AvgIpc) is 2.45. The van der Waals surface area contributed by atoms with Crippen molar-refractivity contribution < 1.29 is 4.79 Å². The Hall–Kier alpha value is -2.79. The minimum absolute atomic E-state index is 0.0860. The second-order valence-electron chi connectivity index (χ2n) is 3.99. The van der Waals surface area contributed by atoms with Crippen LogP contribution in [0.2, 0.25) is 0 Å². The van der Waals surface area contributed by atoms with Crippen LogP contribution < -0.4 is 16.8 Å². The third-order valence-corrected chi connectivity index (χ3v) is 3.25. The van der Waals surface area contributed by atoms with Gasteiger partial charge in [0.1, 0.15) is 17.7 Å². The van der Waals surface area contributed by atoms with Crippen molar-refractivity contribution in [1.29, 1.82) is 5.26 Å². The van der Waals surface area contributed by atoms with Gasteiger partial charge in [0.2, 0.25) is 5.91 Å². The first-order valence-corrected chi connectivity index (χ1v) is 6.89. The maximum Gasteiger partial charge on any atom is 0.234 e. The Morgan fingerprint density at radius 3 is 2.62 bits per heavy atom. The highest BCUT2D eigenvalue weighted by Gasteiger charge is 2.09. The molecule has 0 spiro atoms. The van der Waals surface area contributed by atoms with Gasteiger partial charge in [-0.15, -0.1) is 0 Å². The second kappa shape index (κ2) is 6.58. The maximum absolute atomic E-state index is 11.9. The molecule has 0 radical (unpaired) electrons. The van der Waals surface area contributed by atoms with Gasteiger partial charge in [-0.3, -0.25) is 4.79 Å². The molecule has 0 fully saturated rings. The van der Waals surface area contributed by atoms with Crippen molar-refractivity contribution in [3.63, 3.8) is 0 Å². The number of rotatable bonds is 4. The summed E-state index contributed by atoms with van der Waals surface area (Å²) in [6, 6.07) is 10.2. The number of carbonyl (C=O) groups is 1. The summed E-state index contributed by atoms with van der Waals surface area (Å²) in [6.07, 6.45) is 0. The highest BCUT2D eigenvalue weighted by atomic mass is 32.2. The molecule has 0 saturated carbocycles. The molecule has 8 heteroatoms. The number of hydrogen-bond donors (Lipinski definition) is 3. The van der Waals surface area contributed by atoms with E-state index in [2.05, 4.69) is 15.3 Å². The molecule has 0 aliphatic rings. The number of carbonyl (C=O) groups excluding carboxylic acids is 1. The van der Waals surface area contributed by atoms with Gasteiger partial charge in [0.25, 0.3) is 0 Å². The summed E-state index contributed by atoms with van der Waals surface area (Å²) in [5.41, 5.74) is 12.0. The number of hydrogen-bond acceptors (Lipinski definition) is 7. The summed E-state index contributed by atoms with van der Waals surface area (Å²) >= 11 is 1.11. The Labute approximate surface area is 125 Å².